The zero-order chi connectivity index (χ0) is 17.1. The molecule has 0 aromatic carbocycles. The first-order chi connectivity index (χ1) is 11.5. The maximum absolute atomic E-state index is 12.6. The number of anilines is 1. The molecule has 2 aliphatic rings. The van der Waals surface area contributed by atoms with Gasteiger partial charge in [0.05, 0.1) is 0 Å². The van der Waals surface area contributed by atoms with Gasteiger partial charge < -0.3 is 19.6 Å². The number of amides is 2. The molecule has 2 amide bonds. The predicted octanol–water partition coefficient (Wildman–Crippen LogP) is -0.467. The van der Waals surface area contributed by atoms with Crippen molar-refractivity contribution < 1.29 is 9.59 Å². The lowest BCUT2D eigenvalue weighted by Gasteiger charge is -2.34. The number of hydrogen-bond donors (Lipinski definition) is 0. The van der Waals surface area contributed by atoms with E-state index in [0.717, 1.165) is 26.2 Å². The van der Waals surface area contributed by atoms with E-state index in [1.165, 1.54) is 0 Å². The van der Waals surface area contributed by atoms with Gasteiger partial charge in [0, 0.05) is 65.5 Å². The summed E-state index contributed by atoms with van der Waals surface area (Å²) < 4.78 is 0. The Bertz CT molecular complexity index is 606. The Kier molecular flexibility index (Phi) is 4.94. The van der Waals surface area contributed by atoms with E-state index in [1.54, 1.807) is 19.2 Å². The molecule has 1 aromatic heterocycles. The third-order valence-electron chi connectivity index (χ3n) is 4.66. The molecule has 0 bridgehead atoms. The number of rotatable bonds is 2. The van der Waals surface area contributed by atoms with Crippen molar-refractivity contribution in [2.75, 3.05) is 64.3 Å². The van der Waals surface area contributed by atoms with Gasteiger partial charge in [0.15, 0.2) is 0 Å². The Hall–Kier alpha value is -2.22. The lowest BCUT2D eigenvalue weighted by Crippen LogP contribution is -2.49. The number of likely N-dealkylation sites (N-methyl/N-ethyl adjacent to an activating group) is 1. The maximum atomic E-state index is 12.6. The number of aromatic nitrogens is 2. The van der Waals surface area contributed by atoms with Crippen LogP contribution in [0.2, 0.25) is 0 Å². The van der Waals surface area contributed by atoms with Gasteiger partial charge in [-0.25, -0.2) is 9.97 Å². The minimum absolute atomic E-state index is 0.0332. The first kappa shape index (κ1) is 16.6. The summed E-state index contributed by atoms with van der Waals surface area (Å²) in [5.41, 5.74) is 0.443. The molecule has 8 nitrogen and oxygen atoms in total. The third kappa shape index (κ3) is 3.64. The number of carbonyl (C=O) groups excluding carboxylic acids is 2. The molecule has 0 N–H and O–H groups in total. The van der Waals surface area contributed by atoms with Gasteiger partial charge in [-0.15, -0.1) is 0 Å². The summed E-state index contributed by atoms with van der Waals surface area (Å²) in [6, 6.07) is 1.68. The summed E-state index contributed by atoms with van der Waals surface area (Å²) in [7, 11) is 2.06. The van der Waals surface area contributed by atoms with Crippen LogP contribution in [0, 0.1) is 0 Å². The van der Waals surface area contributed by atoms with Crippen molar-refractivity contribution in [3.05, 3.63) is 18.0 Å². The second-order valence-electron chi connectivity index (χ2n) is 6.33. The van der Waals surface area contributed by atoms with Crippen LogP contribution in [0.3, 0.4) is 0 Å². The monoisotopic (exact) mass is 332 g/mol. The molecular weight excluding hydrogens is 308 g/mol. The average molecular weight is 332 g/mol. The third-order valence-corrected chi connectivity index (χ3v) is 4.66. The van der Waals surface area contributed by atoms with Crippen molar-refractivity contribution >= 4 is 17.8 Å². The van der Waals surface area contributed by atoms with Crippen molar-refractivity contribution in [3.8, 4) is 0 Å². The van der Waals surface area contributed by atoms with E-state index in [-0.39, 0.29) is 11.8 Å². The number of carbonyl (C=O) groups is 2. The lowest BCUT2D eigenvalue weighted by molar-refractivity contribution is -0.129. The molecule has 0 spiro atoms. The quantitative estimate of drug-likeness (QED) is 0.729. The minimum Gasteiger partial charge on any atom is -0.339 e. The van der Waals surface area contributed by atoms with E-state index in [0.29, 0.717) is 37.8 Å². The lowest BCUT2D eigenvalue weighted by atomic mass is 10.3. The van der Waals surface area contributed by atoms with Crippen LogP contribution in [0.25, 0.3) is 0 Å². The fourth-order valence-electron chi connectivity index (χ4n) is 3.01. The summed E-state index contributed by atoms with van der Waals surface area (Å²) in [6.45, 7) is 7.51. The summed E-state index contributed by atoms with van der Waals surface area (Å²) in [5, 5.41) is 0. The van der Waals surface area contributed by atoms with Crippen molar-refractivity contribution in [2.45, 2.75) is 6.92 Å². The van der Waals surface area contributed by atoms with Crippen LogP contribution in [0.5, 0.6) is 0 Å². The van der Waals surface area contributed by atoms with E-state index < -0.39 is 0 Å². The Morgan fingerprint density at radius 2 is 1.58 bits per heavy atom. The van der Waals surface area contributed by atoms with Crippen molar-refractivity contribution in [2.24, 2.45) is 0 Å². The first-order valence-corrected chi connectivity index (χ1v) is 8.36. The molecule has 3 rings (SSSR count). The molecule has 130 valence electrons. The van der Waals surface area contributed by atoms with E-state index in [4.69, 9.17) is 0 Å². The number of piperazine rings is 2. The highest BCUT2D eigenvalue weighted by Crippen LogP contribution is 2.13. The Morgan fingerprint density at radius 1 is 0.958 bits per heavy atom. The molecule has 2 saturated heterocycles. The predicted molar refractivity (Wildman–Crippen MR) is 89.9 cm³/mol. The van der Waals surface area contributed by atoms with Crippen LogP contribution >= 0.6 is 0 Å². The summed E-state index contributed by atoms with van der Waals surface area (Å²) in [4.78, 5) is 40.7. The zero-order valence-corrected chi connectivity index (χ0v) is 14.3. The molecule has 24 heavy (non-hydrogen) atoms. The smallest absolute Gasteiger partial charge is 0.272 e. The summed E-state index contributed by atoms with van der Waals surface area (Å²) in [5.74, 6) is 0.627. The highest BCUT2D eigenvalue weighted by Gasteiger charge is 2.24. The van der Waals surface area contributed by atoms with Gasteiger partial charge in [-0.3, -0.25) is 9.59 Å². The normalized spacial score (nSPS) is 19.5. The van der Waals surface area contributed by atoms with Crippen molar-refractivity contribution in [3.63, 3.8) is 0 Å². The van der Waals surface area contributed by atoms with Crippen LogP contribution < -0.4 is 4.90 Å². The highest BCUT2D eigenvalue weighted by molar-refractivity contribution is 5.92. The first-order valence-electron chi connectivity index (χ1n) is 8.36. The second-order valence-corrected chi connectivity index (χ2v) is 6.33. The maximum Gasteiger partial charge on any atom is 0.272 e. The average Bonchev–Trinajstić information content (AvgIpc) is 2.62. The molecule has 2 fully saturated rings. The minimum atomic E-state index is -0.0332. The van der Waals surface area contributed by atoms with Gasteiger partial charge in [0.1, 0.15) is 5.69 Å². The molecule has 0 saturated carbocycles. The molecular formula is C16H24N6O2. The van der Waals surface area contributed by atoms with E-state index in [9.17, 15) is 9.59 Å². The standard InChI is InChI=1S/C16H24N6O2/c1-13(23)20-9-11-22(12-10-20)16-17-4-3-14(18-16)15(24)21-7-5-19(2)6-8-21/h3-4H,5-12H2,1-2H3. The van der Waals surface area contributed by atoms with Crippen molar-refractivity contribution in [1.82, 2.24) is 24.7 Å². The van der Waals surface area contributed by atoms with E-state index in [2.05, 4.69) is 21.9 Å². The van der Waals surface area contributed by atoms with Crippen molar-refractivity contribution in [1.29, 1.82) is 0 Å². The van der Waals surface area contributed by atoms with Crippen LogP contribution in [-0.4, -0.2) is 95.9 Å². The molecule has 0 atom stereocenters. The molecule has 8 heteroatoms. The van der Waals surface area contributed by atoms with Gasteiger partial charge in [-0.2, -0.15) is 0 Å². The topological polar surface area (TPSA) is 72.9 Å². The molecule has 3 heterocycles. The van der Waals surface area contributed by atoms with Crippen LogP contribution in [-0.2, 0) is 4.79 Å². The molecule has 0 radical (unpaired) electrons. The Labute approximate surface area is 142 Å². The molecule has 2 aliphatic heterocycles. The Balaban J connectivity index is 1.66. The highest BCUT2D eigenvalue weighted by atomic mass is 16.2. The van der Waals surface area contributed by atoms with E-state index in [1.807, 2.05) is 14.7 Å². The second kappa shape index (κ2) is 7.12. The van der Waals surface area contributed by atoms with Gasteiger partial charge >= 0.3 is 0 Å². The van der Waals surface area contributed by atoms with Crippen LogP contribution in [0.1, 0.15) is 17.4 Å². The SMILES string of the molecule is CC(=O)N1CCN(c2nccc(C(=O)N3CCN(C)CC3)n2)CC1. The summed E-state index contributed by atoms with van der Waals surface area (Å²) >= 11 is 0. The van der Waals surface area contributed by atoms with Gasteiger partial charge in [0.25, 0.3) is 5.91 Å². The largest absolute Gasteiger partial charge is 0.339 e. The zero-order valence-electron chi connectivity index (χ0n) is 14.3. The van der Waals surface area contributed by atoms with Gasteiger partial charge in [-0.05, 0) is 13.1 Å². The van der Waals surface area contributed by atoms with Crippen LogP contribution in [0.4, 0.5) is 5.95 Å². The molecule has 0 aliphatic carbocycles. The molecule has 0 unspecified atom stereocenters. The summed E-state index contributed by atoms with van der Waals surface area (Å²) in [6.07, 6.45) is 1.64. The van der Waals surface area contributed by atoms with Gasteiger partial charge in [-0.1, -0.05) is 0 Å². The fraction of sp³-hybridized carbons (Fsp3) is 0.625. The number of nitrogens with zero attached hydrogens (tertiary/aromatic N) is 6. The number of hydrogen-bond acceptors (Lipinski definition) is 6. The fourth-order valence-corrected chi connectivity index (χ4v) is 3.01. The van der Waals surface area contributed by atoms with Crippen LogP contribution in [0.15, 0.2) is 12.3 Å². The Morgan fingerprint density at radius 3 is 2.21 bits per heavy atom. The van der Waals surface area contributed by atoms with E-state index >= 15 is 0 Å². The van der Waals surface area contributed by atoms with Gasteiger partial charge in [0.2, 0.25) is 11.9 Å². The molecule has 1 aromatic rings.